The summed E-state index contributed by atoms with van der Waals surface area (Å²) in [6.45, 7) is 11.8. The lowest BCUT2D eigenvalue weighted by Gasteiger charge is -2.39. The summed E-state index contributed by atoms with van der Waals surface area (Å²) in [6.07, 6.45) is 7.73. The highest BCUT2D eigenvalue weighted by Gasteiger charge is 2.45. The Bertz CT molecular complexity index is 1070. The number of carbonyl (C=O) groups excluding carboxylic acids is 1. The molecule has 0 spiro atoms. The number of nitrogens with one attached hydrogen (secondary N) is 1. The number of nitrogens with zero attached hydrogens (tertiary/aromatic N) is 6. The Morgan fingerprint density at radius 2 is 1.75 bits per heavy atom. The molecule has 0 aromatic carbocycles. The average Bonchev–Trinajstić information content (AvgIpc) is 3.37. The predicted octanol–water partition coefficient (Wildman–Crippen LogP) is 4.21. The molecule has 0 saturated carbocycles. The Morgan fingerprint density at radius 3 is 2.33 bits per heavy atom. The molecule has 2 aromatic rings. The number of piperidine rings is 2. The largest absolute Gasteiger partial charge is 0.444 e. The van der Waals surface area contributed by atoms with Crippen molar-refractivity contribution in [2.75, 3.05) is 30.4 Å². The maximum absolute atomic E-state index is 12.9. The molecule has 2 bridgehead atoms. The number of carbonyl (C=O) groups is 1. The van der Waals surface area contributed by atoms with Gasteiger partial charge in [-0.1, -0.05) is 13.8 Å². The number of fused-ring (bicyclic) bond motifs is 3. The summed E-state index contributed by atoms with van der Waals surface area (Å²) in [5, 5.41) is 8.36. The number of hydrogen-bond donors (Lipinski definition) is 1. The third-order valence-corrected chi connectivity index (χ3v) is 7.73. The number of methoxy groups -OCH3 is 1. The fourth-order valence-corrected chi connectivity index (χ4v) is 5.91. The molecule has 3 aliphatic heterocycles. The Hall–Kier alpha value is -2.62. The van der Waals surface area contributed by atoms with E-state index in [-0.39, 0.29) is 24.2 Å². The first-order chi connectivity index (χ1) is 17.1. The van der Waals surface area contributed by atoms with E-state index < -0.39 is 5.60 Å². The van der Waals surface area contributed by atoms with Crippen molar-refractivity contribution in [2.45, 2.75) is 109 Å². The van der Waals surface area contributed by atoms with Gasteiger partial charge in [-0.2, -0.15) is 19.6 Å². The van der Waals surface area contributed by atoms with Gasteiger partial charge < -0.3 is 24.6 Å². The van der Waals surface area contributed by atoms with Crippen molar-refractivity contribution in [3.05, 3.63) is 11.8 Å². The summed E-state index contributed by atoms with van der Waals surface area (Å²) in [5.74, 6) is 1.78. The molecule has 36 heavy (non-hydrogen) atoms. The molecule has 2 atom stereocenters. The van der Waals surface area contributed by atoms with E-state index >= 15 is 0 Å². The molecular weight excluding hydrogens is 458 g/mol. The number of anilines is 2. The van der Waals surface area contributed by atoms with Gasteiger partial charge in [0.25, 0.3) is 0 Å². The topological polar surface area (TPSA) is 97.1 Å². The Balaban J connectivity index is 1.38. The third-order valence-electron chi connectivity index (χ3n) is 7.73. The van der Waals surface area contributed by atoms with Crippen molar-refractivity contribution in [3.63, 3.8) is 0 Å². The fourth-order valence-electron chi connectivity index (χ4n) is 5.91. The molecular formula is C26H41N7O3. The second kappa shape index (κ2) is 9.68. The molecule has 0 aliphatic carbocycles. The molecule has 1 amide bonds. The molecule has 2 aromatic heterocycles. The van der Waals surface area contributed by atoms with Gasteiger partial charge in [0.2, 0.25) is 11.9 Å². The fraction of sp³-hybridized carbons (Fsp3) is 0.769. The van der Waals surface area contributed by atoms with Crippen molar-refractivity contribution in [2.24, 2.45) is 0 Å². The first-order valence-corrected chi connectivity index (χ1v) is 13.4. The van der Waals surface area contributed by atoms with Gasteiger partial charge >= 0.3 is 6.09 Å². The van der Waals surface area contributed by atoms with E-state index in [1.807, 2.05) is 36.4 Å². The van der Waals surface area contributed by atoms with Gasteiger partial charge in [0, 0.05) is 43.9 Å². The van der Waals surface area contributed by atoms with Crippen LogP contribution in [0, 0.1) is 0 Å². The van der Waals surface area contributed by atoms with E-state index in [4.69, 9.17) is 19.4 Å². The van der Waals surface area contributed by atoms with Crippen LogP contribution in [0.1, 0.15) is 84.6 Å². The minimum atomic E-state index is -0.486. The molecule has 3 aliphatic rings. The number of amides is 1. The summed E-state index contributed by atoms with van der Waals surface area (Å²) < 4.78 is 13.1. The summed E-state index contributed by atoms with van der Waals surface area (Å²) >= 11 is 0. The molecule has 198 valence electrons. The van der Waals surface area contributed by atoms with Crippen LogP contribution in [0.15, 0.2) is 6.20 Å². The first-order valence-electron chi connectivity index (χ1n) is 13.4. The van der Waals surface area contributed by atoms with E-state index in [1.165, 1.54) is 0 Å². The maximum atomic E-state index is 12.9. The van der Waals surface area contributed by atoms with Gasteiger partial charge in [-0.15, -0.1) is 0 Å². The van der Waals surface area contributed by atoms with E-state index in [2.05, 4.69) is 29.2 Å². The normalized spacial score (nSPS) is 25.1. The minimum Gasteiger partial charge on any atom is -0.444 e. The highest BCUT2D eigenvalue weighted by molar-refractivity contribution is 5.70. The standard InChI is InChI=1S/C26H41N7O3/c1-16(2)21-15-27-33-22(21)29-23(31-11-9-20(35-6)10-12-31)30-24(33)28-17-13-18-7-8-19(14-17)32(18)25(34)36-26(3,4)5/h15-20H,7-14H2,1-6H3,(H,28,29,30). The van der Waals surface area contributed by atoms with Crippen LogP contribution in [-0.2, 0) is 9.47 Å². The number of aromatic nitrogens is 4. The van der Waals surface area contributed by atoms with Gasteiger partial charge in [-0.25, -0.2) is 4.79 Å². The van der Waals surface area contributed by atoms with Crippen LogP contribution < -0.4 is 10.2 Å². The molecule has 3 fully saturated rings. The van der Waals surface area contributed by atoms with Crippen molar-refractivity contribution < 1.29 is 14.3 Å². The van der Waals surface area contributed by atoms with Crippen LogP contribution in [0.4, 0.5) is 16.7 Å². The van der Waals surface area contributed by atoms with Crippen LogP contribution in [0.5, 0.6) is 0 Å². The van der Waals surface area contributed by atoms with Gasteiger partial charge in [0.15, 0.2) is 5.65 Å². The summed E-state index contributed by atoms with van der Waals surface area (Å²) in [4.78, 5) is 27.1. The van der Waals surface area contributed by atoms with Crippen molar-refractivity contribution in [1.82, 2.24) is 24.5 Å². The highest BCUT2D eigenvalue weighted by Crippen LogP contribution is 2.38. The van der Waals surface area contributed by atoms with Crippen LogP contribution >= 0.6 is 0 Å². The lowest BCUT2D eigenvalue weighted by molar-refractivity contribution is 0.00681. The maximum Gasteiger partial charge on any atom is 0.410 e. The molecule has 2 unspecified atom stereocenters. The van der Waals surface area contributed by atoms with Crippen LogP contribution in [0.2, 0.25) is 0 Å². The van der Waals surface area contributed by atoms with Crippen molar-refractivity contribution in [3.8, 4) is 0 Å². The third kappa shape index (κ3) is 4.96. The zero-order valence-corrected chi connectivity index (χ0v) is 22.5. The summed E-state index contributed by atoms with van der Waals surface area (Å²) in [5.41, 5.74) is 1.49. The number of ether oxygens (including phenoxy) is 2. The molecule has 5 heterocycles. The van der Waals surface area contributed by atoms with Crippen LogP contribution in [0.25, 0.3) is 5.65 Å². The molecule has 3 saturated heterocycles. The van der Waals surface area contributed by atoms with Gasteiger partial charge in [0.05, 0.1) is 12.3 Å². The lowest BCUT2D eigenvalue weighted by Crippen LogP contribution is -2.51. The summed E-state index contributed by atoms with van der Waals surface area (Å²) in [7, 11) is 1.79. The van der Waals surface area contributed by atoms with E-state index in [0.717, 1.165) is 74.7 Å². The quantitative estimate of drug-likeness (QED) is 0.654. The van der Waals surface area contributed by atoms with Crippen LogP contribution in [-0.4, -0.2) is 80.6 Å². The van der Waals surface area contributed by atoms with E-state index in [1.54, 1.807) is 7.11 Å². The van der Waals surface area contributed by atoms with Crippen LogP contribution in [0.3, 0.4) is 0 Å². The predicted molar refractivity (Wildman–Crippen MR) is 139 cm³/mol. The SMILES string of the molecule is COC1CCN(c2nc(NC3CC4CCC(C3)N4C(=O)OC(C)(C)C)n3ncc(C(C)C)c3n2)CC1. The highest BCUT2D eigenvalue weighted by atomic mass is 16.6. The lowest BCUT2D eigenvalue weighted by atomic mass is 9.98. The average molecular weight is 500 g/mol. The van der Waals surface area contributed by atoms with Crippen molar-refractivity contribution >= 4 is 23.6 Å². The molecule has 10 nitrogen and oxygen atoms in total. The van der Waals surface area contributed by atoms with Gasteiger partial charge in [-0.3, -0.25) is 0 Å². The zero-order valence-electron chi connectivity index (χ0n) is 22.5. The van der Waals surface area contributed by atoms with Gasteiger partial charge in [-0.05, 0) is 65.2 Å². The number of rotatable bonds is 5. The zero-order chi connectivity index (χ0) is 25.6. The second-order valence-corrected chi connectivity index (χ2v) is 11.8. The Labute approximate surface area is 213 Å². The Kier molecular flexibility index (Phi) is 6.74. The van der Waals surface area contributed by atoms with Crippen molar-refractivity contribution in [1.29, 1.82) is 0 Å². The summed E-state index contributed by atoms with van der Waals surface area (Å²) in [6, 6.07) is 0.577. The van der Waals surface area contributed by atoms with E-state index in [9.17, 15) is 4.79 Å². The molecule has 5 rings (SSSR count). The monoisotopic (exact) mass is 499 g/mol. The first kappa shape index (κ1) is 25.0. The Morgan fingerprint density at radius 1 is 1.08 bits per heavy atom. The minimum absolute atomic E-state index is 0.185. The second-order valence-electron chi connectivity index (χ2n) is 11.8. The number of hydrogen-bond acceptors (Lipinski definition) is 8. The molecule has 10 heteroatoms. The van der Waals surface area contributed by atoms with E-state index in [0.29, 0.717) is 12.0 Å². The van der Waals surface area contributed by atoms with Gasteiger partial charge in [0.1, 0.15) is 5.60 Å². The smallest absolute Gasteiger partial charge is 0.410 e. The molecule has 1 N–H and O–H groups in total. The molecule has 0 radical (unpaired) electrons.